The van der Waals surface area contributed by atoms with Gasteiger partial charge in [-0.2, -0.15) is 0 Å². The van der Waals surface area contributed by atoms with Crippen LogP contribution in [0.2, 0.25) is 0 Å². The zero-order chi connectivity index (χ0) is 10.6. The molecule has 0 aliphatic carbocycles. The summed E-state index contributed by atoms with van der Waals surface area (Å²) < 4.78 is 17.9. The zero-order valence-corrected chi connectivity index (χ0v) is 7.27. The zero-order valence-electron chi connectivity index (χ0n) is 7.27. The molecule has 5 nitrogen and oxygen atoms in total. The summed E-state index contributed by atoms with van der Waals surface area (Å²) >= 11 is 0. The first kappa shape index (κ1) is 10.0. The van der Waals surface area contributed by atoms with Gasteiger partial charge in [-0.3, -0.25) is 4.79 Å². The first-order valence-electron chi connectivity index (χ1n) is 3.62. The Kier molecular flexibility index (Phi) is 3.04. The van der Waals surface area contributed by atoms with E-state index < -0.39 is 11.7 Å². The van der Waals surface area contributed by atoms with Crippen LogP contribution in [-0.4, -0.2) is 13.0 Å². The molecule has 0 saturated heterocycles. The lowest BCUT2D eigenvalue weighted by Gasteiger charge is -2.04. The number of hydrogen-bond acceptors (Lipinski definition) is 2. The van der Waals surface area contributed by atoms with Gasteiger partial charge in [0, 0.05) is 4.91 Å². The molecule has 14 heavy (non-hydrogen) atoms. The van der Waals surface area contributed by atoms with E-state index in [0.717, 1.165) is 6.07 Å². The molecule has 0 atom stereocenters. The monoisotopic (exact) mass is 195 g/mol. The van der Waals surface area contributed by atoms with E-state index in [1.165, 1.54) is 19.2 Å². The highest BCUT2D eigenvalue weighted by molar-refractivity contribution is 5.97. The van der Waals surface area contributed by atoms with Crippen molar-refractivity contribution in [1.82, 2.24) is 0 Å². The highest BCUT2D eigenvalue weighted by Crippen LogP contribution is 2.21. The second-order valence-electron chi connectivity index (χ2n) is 2.31. The van der Waals surface area contributed by atoms with Gasteiger partial charge in [0.15, 0.2) is 0 Å². The highest BCUT2D eigenvalue weighted by Gasteiger charge is 2.15. The maximum Gasteiger partial charge on any atom is 0.255 e. The van der Waals surface area contributed by atoms with E-state index in [9.17, 15) is 9.18 Å². The van der Waals surface area contributed by atoms with Crippen molar-refractivity contribution in [2.75, 3.05) is 7.11 Å². The summed E-state index contributed by atoms with van der Waals surface area (Å²) in [5, 5.41) is 2.79. The van der Waals surface area contributed by atoms with E-state index >= 15 is 0 Å². The summed E-state index contributed by atoms with van der Waals surface area (Å²) in [6.45, 7) is 0. The third-order valence-corrected chi connectivity index (χ3v) is 1.54. The smallest absolute Gasteiger partial charge is 0.255 e. The van der Waals surface area contributed by atoms with Crippen molar-refractivity contribution in [1.29, 1.82) is 0 Å². The van der Waals surface area contributed by atoms with Crippen LogP contribution < -0.4 is 4.74 Å². The molecule has 0 heterocycles. The second-order valence-corrected chi connectivity index (χ2v) is 2.31. The van der Waals surface area contributed by atoms with Gasteiger partial charge in [0.1, 0.15) is 17.1 Å². The Morgan fingerprint density at radius 3 is 2.93 bits per heavy atom. The molecule has 0 bridgehead atoms. The number of amides is 1. The molecule has 0 aliphatic rings. The number of carbonyl (C=O) groups excluding carboxylic acids is 1. The predicted octanol–water partition coefficient (Wildman–Crippen LogP) is 2.28. The molecule has 0 aromatic heterocycles. The van der Waals surface area contributed by atoms with Gasteiger partial charge < -0.3 is 4.74 Å². The summed E-state index contributed by atoms with van der Waals surface area (Å²) in [6.07, 6.45) is 0. The molecular formula is C8H6FN3O2. The number of hydrogen-bond donors (Lipinski definition) is 0. The normalized spacial score (nSPS) is 9.00. The van der Waals surface area contributed by atoms with Crippen LogP contribution in [0.3, 0.4) is 0 Å². The number of benzene rings is 1. The molecule has 1 aromatic rings. The Labute approximate surface area is 78.7 Å². The SMILES string of the molecule is COc1cccc(F)c1C(=O)N=[N+]=[N-]. The number of halogens is 1. The molecule has 0 aliphatic heterocycles. The van der Waals surface area contributed by atoms with E-state index in [2.05, 4.69) is 10.0 Å². The molecule has 1 aromatic carbocycles. The van der Waals surface area contributed by atoms with Gasteiger partial charge in [-0.05, 0) is 22.8 Å². The van der Waals surface area contributed by atoms with Gasteiger partial charge in [-0.25, -0.2) is 4.39 Å². The Bertz CT molecular complexity index is 413. The van der Waals surface area contributed by atoms with Crippen molar-refractivity contribution in [3.8, 4) is 5.75 Å². The minimum Gasteiger partial charge on any atom is -0.496 e. The van der Waals surface area contributed by atoms with E-state index in [4.69, 9.17) is 10.3 Å². The number of ether oxygens (including phenoxy) is 1. The third kappa shape index (κ3) is 1.81. The Balaban J connectivity index is 3.30. The van der Waals surface area contributed by atoms with Gasteiger partial charge in [0.25, 0.3) is 5.91 Å². The quantitative estimate of drug-likeness (QED) is 0.412. The lowest BCUT2D eigenvalue weighted by molar-refractivity contribution is 0.0993. The predicted molar refractivity (Wildman–Crippen MR) is 46.4 cm³/mol. The number of nitrogens with zero attached hydrogens (tertiary/aromatic N) is 3. The van der Waals surface area contributed by atoms with E-state index in [-0.39, 0.29) is 11.3 Å². The Morgan fingerprint density at radius 1 is 1.64 bits per heavy atom. The summed E-state index contributed by atoms with van der Waals surface area (Å²) in [5.74, 6) is -1.73. The minimum absolute atomic E-state index is 0.0439. The first-order valence-corrected chi connectivity index (χ1v) is 3.62. The number of carbonyl (C=O) groups is 1. The van der Waals surface area contributed by atoms with Gasteiger partial charge in [0.05, 0.1) is 7.11 Å². The van der Waals surface area contributed by atoms with Gasteiger partial charge >= 0.3 is 0 Å². The molecular weight excluding hydrogens is 189 g/mol. The first-order chi connectivity index (χ1) is 6.70. The van der Waals surface area contributed by atoms with Crippen molar-refractivity contribution in [2.24, 2.45) is 5.11 Å². The van der Waals surface area contributed by atoms with Crippen LogP contribution in [0.4, 0.5) is 4.39 Å². The summed E-state index contributed by atoms with van der Waals surface area (Å²) in [6, 6.07) is 3.88. The highest BCUT2D eigenvalue weighted by atomic mass is 19.1. The molecule has 0 saturated carbocycles. The fraction of sp³-hybridized carbons (Fsp3) is 0.125. The molecule has 72 valence electrons. The van der Waals surface area contributed by atoms with Crippen molar-refractivity contribution in [3.63, 3.8) is 0 Å². The number of azide groups is 1. The maximum absolute atomic E-state index is 13.1. The average Bonchev–Trinajstić information content (AvgIpc) is 2.17. The van der Waals surface area contributed by atoms with Gasteiger partial charge in [-0.15, -0.1) is 0 Å². The van der Waals surface area contributed by atoms with Crippen LogP contribution in [0, 0.1) is 5.82 Å². The molecule has 0 spiro atoms. The average molecular weight is 195 g/mol. The Hall–Kier alpha value is -2.07. The molecule has 1 rings (SSSR count). The van der Waals surface area contributed by atoms with Crippen LogP contribution in [0.25, 0.3) is 10.4 Å². The van der Waals surface area contributed by atoms with Crippen LogP contribution in [-0.2, 0) is 0 Å². The Morgan fingerprint density at radius 2 is 2.36 bits per heavy atom. The largest absolute Gasteiger partial charge is 0.496 e. The standard InChI is InChI=1S/C8H6FN3O2/c1-14-6-4-2-3-5(9)7(6)8(13)11-12-10/h2-4H,1H3. The minimum atomic E-state index is -0.998. The molecule has 0 radical (unpaired) electrons. The van der Waals surface area contributed by atoms with Crippen molar-refractivity contribution in [2.45, 2.75) is 0 Å². The van der Waals surface area contributed by atoms with Crippen LogP contribution >= 0.6 is 0 Å². The number of methoxy groups -OCH3 is 1. The topological polar surface area (TPSA) is 75.1 Å². The van der Waals surface area contributed by atoms with Crippen LogP contribution in [0.15, 0.2) is 23.3 Å². The van der Waals surface area contributed by atoms with E-state index in [1.807, 2.05) is 0 Å². The second kappa shape index (κ2) is 4.25. The fourth-order valence-corrected chi connectivity index (χ4v) is 0.973. The molecule has 6 heteroatoms. The third-order valence-electron chi connectivity index (χ3n) is 1.54. The summed E-state index contributed by atoms with van der Waals surface area (Å²) in [4.78, 5) is 13.4. The fourth-order valence-electron chi connectivity index (χ4n) is 0.973. The van der Waals surface area contributed by atoms with Crippen molar-refractivity contribution < 1.29 is 13.9 Å². The lowest BCUT2D eigenvalue weighted by atomic mass is 10.2. The molecule has 0 unspecified atom stereocenters. The van der Waals surface area contributed by atoms with Crippen molar-refractivity contribution >= 4 is 5.91 Å². The molecule has 0 N–H and O–H groups in total. The summed E-state index contributed by atoms with van der Waals surface area (Å²) in [5.41, 5.74) is 7.67. The van der Waals surface area contributed by atoms with E-state index in [1.54, 1.807) is 0 Å². The number of rotatable bonds is 2. The lowest BCUT2D eigenvalue weighted by Crippen LogP contribution is -2.01. The van der Waals surface area contributed by atoms with E-state index in [0.29, 0.717) is 0 Å². The summed E-state index contributed by atoms with van der Waals surface area (Å²) in [7, 11) is 1.29. The van der Waals surface area contributed by atoms with Crippen molar-refractivity contribution in [3.05, 3.63) is 40.0 Å². The molecule has 1 amide bonds. The van der Waals surface area contributed by atoms with Gasteiger partial charge in [0.2, 0.25) is 0 Å². The maximum atomic E-state index is 13.1. The van der Waals surface area contributed by atoms with Crippen LogP contribution in [0.1, 0.15) is 10.4 Å². The molecule has 0 fully saturated rings. The van der Waals surface area contributed by atoms with Crippen LogP contribution in [0.5, 0.6) is 5.75 Å². The van der Waals surface area contributed by atoms with Gasteiger partial charge in [-0.1, -0.05) is 6.07 Å².